The molecule has 0 aliphatic carbocycles. The number of hydrogen-bond donors (Lipinski definition) is 2. The Morgan fingerprint density at radius 1 is 1.38 bits per heavy atom. The van der Waals surface area contributed by atoms with Gasteiger partial charge in [-0.15, -0.1) is 16.9 Å². The first kappa shape index (κ1) is 18.7. The summed E-state index contributed by atoms with van der Waals surface area (Å²) in [5, 5.41) is 20.8. The van der Waals surface area contributed by atoms with E-state index in [2.05, 4.69) is 15.6 Å². The van der Waals surface area contributed by atoms with Crippen LogP contribution in [0.4, 0.5) is 10.5 Å². The third kappa shape index (κ3) is 4.56. The molecule has 2 heterocycles. The number of carbonyl (C=O) groups is 1. The second-order valence-corrected chi connectivity index (χ2v) is 7.44. The average Bonchev–Trinajstić information content (AvgIpc) is 3.10. The van der Waals surface area contributed by atoms with Crippen LogP contribution in [-0.2, 0) is 6.42 Å². The van der Waals surface area contributed by atoms with Gasteiger partial charge in [0.25, 0.3) is 0 Å². The number of aromatic nitrogens is 3. The van der Waals surface area contributed by atoms with Gasteiger partial charge in [0.05, 0.1) is 23.5 Å². The molecular weight excluding hydrogens is 350 g/mol. The van der Waals surface area contributed by atoms with Crippen molar-refractivity contribution in [3.8, 4) is 0 Å². The summed E-state index contributed by atoms with van der Waals surface area (Å²) in [5.41, 5.74) is 1.65. The van der Waals surface area contributed by atoms with Crippen LogP contribution in [0.5, 0.6) is 0 Å². The molecule has 0 unspecified atom stereocenters. The quantitative estimate of drug-likeness (QED) is 0.785. The summed E-state index contributed by atoms with van der Waals surface area (Å²) in [7, 11) is 0. The Bertz CT molecular complexity index is 741. The number of piperidine rings is 1. The molecule has 1 aromatic heterocycles. The van der Waals surface area contributed by atoms with Crippen LogP contribution in [0.25, 0.3) is 0 Å². The molecule has 0 radical (unpaired) electrons. The Labute approximate surface area is 157 Å². The summed E-state index contributed by atoms with van der Waals surface area (Å²) < 4.78 is 1.87. The lowest BCUT2D eigenvalue weighted by Gasteiger charge is -2.32. The third-order valence-corrected chi connectivity index (χ3v) is 5.33. The number of urea groups is 1. The lowest BCUT2D eigenvalue weighted by Crippen LogP contribution is -2.41. The van der Waals surface area contributed by atoms with Crippen molar-refractivity contribution in [2.45, 2.75) is 43.2 Å². The molecule has 26 heavy (non-hydrogen) atoms. The fraction of sp³-hybridized carbons (Fsp3) is 0.500. The molecule has 0 spiro atoms. The van der Waals surface area contributed by atoms with Gasteiger partial charge in [0.15, 0.2) is 0 Å². The summed E-state index contributed by atoms with van der Waals surface area (Å²) in [6.45, 7) is 3.11. The lowest BCUT2D eigenvalue weighted by molar-refractivity contribution is 0.179. The van der Waals surface area contributed by atoms with Gasteiger partial charge in [-0.05, 0) is 38.2 Å². The Morgan fingerprint density at radius 2 is 2.12 bits per heavy atom. The lowest BCUT2D eigenvalue weighted by atomic mass is 10.1. The van der Waals surface area contributed by atoms with Gasteiger partial charge in [-0.25, -0.2) is 9.48 Å². The van der Waals surface area contributed by atoms with Crippen LogP contribution in [0.3, 0.4) is 0 Å². The third-order valence-electron chi connectivity index (χ3n) is 4.54. The predicted molar refractivity (Wildman–Crippen MR) is 102 cm³/mol. The molecule has 7 nitrogen and oxygen atoms in total. The number of carbonyl (C=O) groups excluding carboxylic acids is 1. The zero-order valence-electron chi connectivity index (χ0n) is 15.1. The smallest absolute Gasteiger partial charge is 0.321 e. The van der Waals surface area contributed by atoms with Crippen LogP contribution in [0, 0.1) is 0 Å². The molecule has 1 saturated heterocycles. The van der Waals surface area contributed by atoms with Crippen molar-refractivity contribution in [2.75, 3.05) is 24.7 Å². The molecule has 8 heteroatoms. The molecule has 2 N–H and O–H groups in total. The molecule has 1 aromatic carbocycles. The Balaban J connectivity index is 1.54. The first-order valence-corrected chi connectivity index (χ1v) is 10.1. The van der Waals surface area contributed by atoms with E-state index >= 15 is 0 Å². The van der Waals surface area contributed by atoms with Gasteiger partial charge in [-0.3, -0.25) is 0 Å². The van der Waals surface area contributed by atoms with Crippen molar-refractivity contribution in [2.24, 2.45) is 0 Å². The normalized spacial score (nSPS) is 16.5. The van der Waals surface area contributed by atoms with Gasteiger partial charge in [0, 0.05) is 30.6 Å². The highest BCUT2D eigenvalue weighted by Gasteiger charge is 2.25. The highest BCUT2D eigenvalue weighted by molar-refractivity contribution is 7.98. The van der Waals surface area contributed by atoms with E-state index < -0.39 is 6.10 Å². The molecule has 3 rings (SSSR count). The molecule has 2 amide bonds. The molecule has 140 valence electrons. The Morgan fingerprint density at radius 3 is 2.81 bits per heavy atom. The summed E-state index contributed by atoms with van der Waals surface area (Å²) in [6.07, 6.45) is 5.68. The fourth-order valence-electron chi connectivity index (χ4n) is 3.16. The van der Waals surface area contributed by atoms with E-state index in [1.165, 1.54) is 0 Å². The predicted octanol–water partition coefficient (Wildman–Crippen LogP) is 2.79. The minimum atomic E-state index is -0.421. The van der Waals surface area contributed by atoms with E-state index in [0.29, 0.717) is 19.5 Å². The maximum atomic E-state index is 12.5. The molecule has 1 atom stereocenters. The van der Waals surface area contributed by atoms with Crippen LogP contribution in [-0.4, -0.2) is 56.5 Å². The van der Waals surface area contributed by atoms with Crippen LogP contribution in [0.15, 0.2) is 35.4 Å². The SMILES string of the molecule is CSc1ccccc1NC(=O)N1CCC(n2cc(C[C@H](C)O)nn2)CC1. The second-order valence-electron chi connectivity index (χ2n) is 6.59. The topological polar surface area (TPSA) is 83.3 Å². The van der Waals surface area contributed by atoms with Crippen molar-refractivity contribution in [1.82, 2.24) is 19.9 Å². The Hall–Kier alpha value is -2.06. The average molecular weight is 375 g/mol. The zero-order valence-corrected chi connectivity index (χ0v) is 15.9. The van der Waals surface area contributed by atoms with Crippen molar-refractivity contribution < 1.29 is 9.90 Å². The number of hydrogen-bond acceptors (Lipinski definition) is 5. The van der Waals surface area contributed by atoms with Crippen LogP contribution >= 0.6 is 11.8 Å². The number of rotatable bonds is 5. The maximum absolute atomic E-state index is 12.5. The molecule has 2 aromatic rings. The van der Waals surface area contributed by atoms with Crippen LogP contribution in [0.1, 0.15) is 31.5 Å². The number of amides is 2. The molecular formula is C18H25N5O2S. The monoisotopic (exact) mass is 375 g/mol. The molecule has 1 aliphatic heterocycles. The number of nitrogens with zero attached hydrogens (tertiary/aromatic N) is 4. The fourth-order valence-corrected chi connectivity index (χ4v) is 3.72. The number of thioether (sulfide) groups is 1. The molecule has 0 bridgehead atoms. The van der Waals surface area contributed by atoms with E-state index in [1.54, 1.807) is 18.7 Å². The zero-order chi connectivity index (χ0) is 18.5. The van der Waals surface area contributed by atoms with Gasteiger partial charge in [0.1, 0.15) is 0 Å². The second kappa shape index (κ2) is 8.55. The Kier molecular flexibility index (Phi) is 6.16. The van der Waals surface area contributed by atoms with E-state index in [4.69, 9.17) is 0 Å². The van der Waals surface area contributed by atoms with Gasteiger partial charge >= 0.3 is 6.03 Å². The summed E-state index contributed by atoms with van der Waals surface area (Å²) in [4.78, 5) is 15.5. The van der Waals surface area contributed by atoms with Crippen molar-refractivity contribution in [3.05, 3.63) is 36.2 Å². The first-order valence-electron chi connectivity index (χ1n) is 8.84. The summed E-state index contributed by atoms with van der Waals surface area (Å²) in [5.74, 6) is 0. The number of likely N-dealkylation sites (tertiary alicyclic amines) is 1. The first-order chi connectivity index (χ1) is 12.6. The van der Waals surface area contributed by atoms with E-state index in [9.17, 15) is 9.90 Å². The number of nitrogens with one attached hydrogen (secondary N) is 1. The number of para-hydroxylation sites is 1. The number of aliphatic hydroxyl groups is 1. The molecule has 1 fully saturated rings. The van der Waals surface area contributed by atoms with Crippen molar-refractivity contribution in [1.29, 1.82) is 0 Å². The molecule has 0 saturated carbocycles. The minimum absolute atomic E-state index is 0.0571. The van der Waals surface area contributed by atoms with Gasteiger partial charge < -0.3 is 15.3 Å². The largest absolute Gasteiger partial charge is 0.393 e. The highest BCUT2D eigenvalue weighted by Crippen LogP contribution is 2.26. The van der Waals surface area contributed by atoms with E-state index in [1.807, 2.05) is 46.3 Å². The van der Waals surface area contributed by atoms with Crippen molar-refractivity contribution >= 4 is 23.5 Å². The van der Waals surface area contributed by atoms with Crippen molar-refractivity contribution in [3.63, 3.8) is 0 Å². The maximum Gasteiger partial charge on any atom is 0.321 e. The van der Waals surface area contributed by atoms with E-state index in [-0.39, 0.29) is 12.1 Å². The van der Waals surface area contributed by atoms with Crippen LogP contribution in [0.2, 0.25) is 0 Å². The summed E-state index contributed by atoms with van der Waals surface area (Å²) >= 11 is 1.62. The number of aliphatic hydroxyl groups excluding tert-OH is 1. The van der Waals surface area contributed by atoms with E-state index in [0.717, 1.165) is 29.1 Å². The number of benzene rings is 1. The highest BCUT2D eigenvalue weighted by atomic mass is 32.2. The van der Waals surface area contributed by atoms with Gasteiger partial charge in [-0.1, -0.05) is 17.3 Å². The molecule has 1 aliphatic rings. The minimum Gasteiger partial charge on any atom is -0.393 e. The number of anilines is 1. The van der Waals surface area contributed by atoms with Gasteiger partial charge in [-0.2, -0.15) is 0 Å². The van der Waals surface area contributed by atoms with Gasteiger partial charge in [0.2, 0.25) is 0 Å². The standard InChI is InChI=1S/C18H25N5O2S/c1-13(24)11-14-12-23(21-20-14)15-7-9-22(10-8-15)18(25)19-16-5-3-4-6-17(16)26-2/h3-6,12-13,15,24H,7-11H2,1-2H3,(H,19,25)/t13-/m0/s1. The summed E-state index contributed by atoms with van der Waals surface area (Å²) in [6, 6.07) is 8.01. The van der Waals surface area contributed by atoms with Crippen LogP contribution < -0.4 is 5.32 Å².